The van der Waals surface area contributed by atoms with E-state index in [9.17, 15) is 27.6 Å². The van der Waals surface area contributed by atoms with Gasteiger partial charge in [0.1, 0.15) is 12.3 Å². The number of hydrogen-bond donors (Lipinski definition) is 2. The number of amides is 2. The van der Waals surface area contributed by atoms with E-state index in [1.54, 1.807) is 31.2 Å². The van der Waals surface area contributed by atoms with Crippen LogP contribution in [-0.4, -0.2) is 51.3 Å². The van der Waals surface area contributed by atoms with Crippen LogP contribution in [0.25, 0.3) is 22.5 Å². The SMILES string of the molecule is C=CC(=O)Nc1cc(OC)ccc1-c1c(CC)n(CC(=O)Nc2ccc(C(F)(F)F)cc2Cl)c2nc(C3=CCOCC3)nn2c1=O. The van der Waals surface area contributed by atoms with Crippen LogP contribution in [0.1, 0.15) is 30.4 Å². The highest BCUT2D eigenvalue weighted by Crippen LogP contribution is 2.35. The summed E-state index contributed by atoms with van der Waals surface area (Å²) in [6, 6.07) is 7.36. The highest BCUT2D eigenvalue weighted by Gasteiger charge is 2.31. The largest absolute Gasteiger partial charge is 0.497 e. The summed E-state index contributed by atoms with van der Waals surface area (Å²) < 4.78 is 52.8. The summed E-state index contributed by atoms with van der Waals surface area (Å²) in [6.07, 6.45) is -0.999. The number of nitrogens with zero attached hydrogens (tertiary/aromatic N) is 4. The van der Waals surface area contributed by atoms with Gasteiger partial charge < -0.3 is 24.7 Å². The fourth-order valence-corrected chi connectivity index (χ4v) is 5.28. The maximum Gasteiger partial charge on any atom is 0.416 e. The molecule has 2 aromatic carbocycles. The van der Waals surface area contributed by atoms with Gasteiger partial charge in [0.2, 0.25) is 17.6 Å². The van der Waals surface area contributed by atoms with Crippen LogP contribution in [0.4, 0.5) is 24.5 Å². The Morgan fingerprint density at radius 1 is 1.17 bits per heavy atom. The zero-order valence-electron chi connectivity index (χ0n) is 24.7. The van der Waals surface area contributed by atoms with Gasteiger partial charge in [-0.15, -0.1) is 5.10 Å². The Morgan fingerprint density at radius 2 is 1.96 bits per heavy atom. The minimum absolute atomic E-state index is 0.0332. The average Bonchev–Trinajstić information content (AvgIpc) is 3.49. The minimum Gasteiger partial charge on any atom is -0.497 e. The first-order valence-corrected chi connectivity index (χ1v) is 14.4. The Bertz CT molecular complexity index is 1950. The maximum atomic E-state index is 14.2. The zero-order chi connectivity index (χ0) is 33.2. The molecular weight excluding hydrogens is 629 g/mol. The lowest BCUT2D eigenvalue weighted by Gasteiger charge is -2.19. The second-order valence-corrected chi connectivity index (χ2v) is 10.5. The van der Waals surface area contributed by atoms with Crippen molar-refractivity contribution in [2.75, 3.05) is 31.0 Å². The summed E-state index contributed by atoms with van der Waals surface area (Å²) in [5.74, 6) is -0.444. The van der Waals surface area contributed by atoms with Crippen molar-refractivity contribution in [1.29, 1.82) is 0 Å². The van der Waals surface area contributed by atoms with Crippen LogP contribution < -0.4 is 20.9 Å². The Labute approximate surface area is 265 Å². The lowest BCUT2D eigenvalue weighted by Crippen LogP contribution is -2.29. The molecule has 11 nitrogen and oxygen atoms in total. The van der Waals surface area contributed by atoms with Crippen LogP contribution in [0.3, 0.4) is 0 Å². The summed E-state index contributed by atoms with van der Waals surface area (Å²) in [5.41, 5.74) is 0.282. The van der Waals surface area contributed by atoms with Gasteiger partial charge >= 0.3 is 6.18 Å². The molecule has 0 radical (unpaired) electrons. The van der Waals surface area contributed by atoms with Crippen molar-refractivity contribution in [3.63, 3.8) is 0 Å². The molecule has 0 unspecified atom stereocenters. The van der Waals surface area contributed by atoms with Gasteiger partial charge in [-0.05, 0) is 54.8 Å². The van der Waals surface area contributed by atoms with Crippen LogP contribution in [0.15, 0.2) is 59.9 Å². The molecule has 5 rings (SSSR count). The molecule has 0 saturated carbocycles. The number of methoxy groups -OCH3 is 1. The predicted octanol–water partition coefficient (Wildman–Crippen LogP) is 5.37. The third kappa shape index (κ3) is 6.53. The lowest BCUT2D eigenvalue weighted by molar-refractivity contribution is -0.137. The Morgan fingerprint density at radius 3 is 2.59 bits per heavy atom. The molecule has 15 heteroatoms. The Balaban J connectivity index is 1.68. The third-order valence-electron chi connectivity index (χ3n) is 7.25. The predicted molar refractivity (Wildman–Crippen MR) is 166 cm³/mol. The van der Waals surface area contributed by atoms with Crippen LogP contribution in [-0.2, 0) is 33.5 Å². The molecule has 0 fully saturated rings. The Kier molecular flexibility index (Phi) is 9.30. The number of ether oxygens (including phenoxy) is 2. The van der Waals surface area contributed by atoms with E-state index in [1.807, 2.05) is 0 Å². The summed E-state index contributed by atoms with van der Waals surface area (Å²) in [7, 11) is 1.45. The third-order valence-corrected chi connectivity index (χ3v) is 7.56. The van der Waals surface area contributed by atoms with E-state index < -0.39 is 35.7 Å². The molecule has 1 aliphatic heterocycles. The number of carbonyl (C=O) groups excluding carboxylic acids is 2. The second-order valence-electron chi connectivity index (χ2n) is 10.1. The van der Waals surface area contributed by atoms with Crippen LogP contribution in [0, 0.1) is 0 Å². The fraction of sp³-hybridized carbons (Fsp3) is 0.258. The smallest absolute Gasteiger partial charge is 0.416 e. The normalized spacial score (nSPS) is 13.3. The fourth-order valence-electron chi connectivity index (χ4n) is 5.05. The monoisotopic (exact) mass is 656 g/mol. The molecule has 1 aliphatic rings. The average molecular weight is 657 g/mol. The molecule has 0 spiro atoms. The standard InChI is InChI=1S/C31H28ClF3N6O5/c1-4-24-27(20-8-7-19(45-3)15-23(20)37-25(42)5-2)29(44)41-30(38-28(39-41)17-10-12-46-13-11-17)40(24)16-26(43)36-22-9-6-18(14-21(22)32)31(33,34)35/h5-10,14-15H,2,4,11-13,16H2,1,3H3,(H,36,43)(H,37,42). The molecule has 0 bridgehead atoms. The molecule has 3 heterocycles. The summed E-state index contributed by atoms with van der Waals surface area (Å²) in [6.45, 7) is 5.63. The molecule has 4 aromatic rings. The highest BCUT2D eigenvalue weighted by atomic mass is 35.5. The molecule has 240 valence electrons. The molecule has 2 amide bonds. The minimum atomic E-state index is -4.61. The maximum absolute atomic E-state index is 14.2. The first-order chi connectivity index (χ1) is 21.9. The first kappa shape index (κ1) is 32.4. The number of aromatic nitrogens is 4. The summed E-state index contributed by atoms with van der Waals surface area (Å²) in [5, 5.41) is 9.45. The quantitative estimate of drug-likeness (QED) is 0.232. The number of nitrogens with one attached hydrogen (secondary N) is 2. The number of alkyl halides is 3. The van der Waals surface area contributed by atoms with Gasteiger partial charge in [-0.2, -0.15) is 22.7 Å². The van der Waals surface area contributed by atoms with E-state index >= 15 is 0 Å². The van der Waals surface area contributed by atoms with Crippen molar-refractivity contribution in [1.82, 2.24) is 19.2 Å². The van der Waals surface area contributed by atoms with Crippen molar-refractivity contribution in [2.45, 2.75) is 32.5 Å². The number of halogens is 4. The van der Waals surface area contributed by atoms with E-state index in [1.165, 1.54) is 11.7 Å². The lowest BCUT2D eigenvalue weighted by atomic mass is 10.0. The van der Waals surface area contributed by atoms with Gasteiger partial charge in [0, 0.05) is 17.3 Å². The van der Waals surface area contributed by atoms with E-state index in [4.69, 9.17) is 21.1 Å². The number of fused-ring (bicyclic) bond motifs is 1. The topological polar surface area (TPSA) is 129 Å². The van der Waals surface area contributed by atoms with E-state index in [-0.39, 0.29) is 40.0 Å². The van der Waals surface area contributed by atoms with Gasteiger partial charge in [0.25, 0.3) is 5.56 Å². The van der Waals surface area contributed by atoms with Gasteiger partial charge in [0.15, 0.2) is 5.82 Å². The Hall–Kier alpha value is -4.95. The van der Waals surface area contributed by atoms with Gasteiger partial charge in [0.05, 0.1) is 47.8 Å². The molecule has 0 saturated heterocycles. The molecular formula is C31H28ClF3N6O5. The number of hydrogen-bond acceptors (Lipinski definition) is 7. The summed E-state index contributed by atoms with van der Waals surface area (Å²) >= 11 is 6.09. The molecule has 46 heavy (non-hydrogen) atoms. The number of benzene rings is 2. The van der Waals surface area contributed by atoms with Gasteiger partial charge in [-0.1, -0.05) is 31.2 Å². The van der Waals surface area contributed by atoms with E-state index in [2.05, 4.69) is 27.3 Å². The molecule has 2 N–H and O–H groups in total. The number of anilines is 2. The van der Waals surface area contributed by atoms with Crippen LogP contribution in [0.2, 0.25) is 5.02 Å². The van der Waals surface area contributed by atoms with Crippen molar-refractivity contribution < 1.29 is 32.2 Å². The van der Waals surface area contributed by atoms with Gasteiger partial charge in [-0.25, -0.2) is 0 Å². The number of carbonyl (C=O) groups is 2. The van der Waals surface area contributed by atoms with E-state index in [0.717, 1.165) is 34.4 Å². The van der Waals surface area contributed by atoms with Crippen LogP contribution in [0.5, 0.6) is 5.75 Å². The van der Waals surface area contributed by atoms with Crippen molar-refractivity contribution in [2.24, 2.45) is 0 Å². The van der Waals surface area contributed by atoms with E-state index in [0.29, 0.717) is 36.6 Å². The highest BCUT2D eigenvalue weighted by molar-refractivity contribution is 6.33. The second kappa shape index (κ2) is 13.2. The number of rotatable bonds is 9. The van der Waals surface area contributed by atoms with Crippen molar-refractivity contribution >= 4 is 46.1 Å². The van der Waals surface area contributed by atoms with Crippen molar-refractivity contribution in [3.8, 4) is 16.9 Å². The molecule has 0 aliphatic carbocycles. The zero-order valence-corrected chi connectivity index (χ0v) is 25.5. The molecule has 2 aromatic heterocycles. The first-order valence-electron chi connectivity index (χ1n) is 14.0. The van der Waals surface area contributed by atoms with Gasteiger partial charge in [-0.3, -0.25) is 14.4 Å². The van der Waals surface area contributed by atoms with Crippen molar-refractivity contribution in [3.05, 3.63) is 87.6 Å². The molecule has 0 atom stereocenters. The van der Waals surface area contributed by atoms with Crippen LogP contribution >= 0.6 is 11.6 Å². The summed E-state index contributed by atoms with van der Waals surface area (Å²) in [4.78, 5) is 44.6.